The summed E-state index contributed by atoms with van der Waals surface area (Å²) in [6.45, 7) is 4.35. The molecule has 1 N–H and O–H groups in total. The van der Waals surface area contributed by atoms with Crippen LogP contribution in [0.2, 0.25) is 0 Å². The molecule has 0 saturated carbocycles. The third-order valence-electron chi connectivity index (χ3n) is 9.24. The second-order valence-corrected chi connectivity index (χ2v) is 12.2. The summed E-state index contributed by atoms with van der Waals surface area (Å²) in [4.78, 5) is 35.2. The topological polar surface area (TPSA) is 106 Å². The van der Waals surface area contributed by atoms with Gasteiger partial charge in [-0.3, -0.25) is 4.40 Å². The Hall–Kier alpha value is -3.62. The van der Waals surface area contributed by atoms with E-state index in [1.165, 1.54) is 23.5 Å². The standard InChI is InChI=1S/C30H41F2N9O3/c1-36(2)22-7-10-37(11-8-22)12-13-39(23-4-3-9-38(17-23)30(42)43)28-14-29(35-20-34-28)41-18-25(44-19-26(41)32)24-15-33-27-6-5-21(31)16-40(24)27/h5-6,14-16,20,22-23,25-26H,3-4,7-13,17-19H2,1-2H3,(H,42,43)/t23-,25?,26?/m1/s1. The van der Waals surface area contributed by atoms with E-state index in [0.717, 1.165) is 45.3 Å². The van der Waals surface area contributed by atoms with Gasteiger partial charge in [0.25, 0.3) is 0 Å². The Labute approximate surface area is 255 Å². The predicted octanol–water partition coefficient (Wildman–Crippen LogP) is 3.11. The smallest absolute Gasteiger partial charge is 0.407 e. The van der Waals surface area contributed by atoms with Crippen molar-refractivity contribution in [1.29, 1.82) is 0 Å². The molecule has 14 heteroatoms. The van der Waals surface area contributed by atoms with Crippen LogP contribution in [0.15, 0.2) is 36.9 Å². The van der Waals surface area contributed by atoms with Crippen molar-refractivity contribution in [2.24, 2.45) is 0 Å². The number of hydrogen-bond donors (Lipinski definition) is 1. The first kappa shape index (κ1) is 30.4. The lowest BCUT2D eigenvalue weighted by atomic mass is 10.0. The van der Waals surface area contributed by atoms with Gasteiger partial charge < -0.3 is 34.3 Å². The molecule has 0 spiro atoms. The minimum atomic E-state index is -1.44. The fourth-order valence-electron chi connectivity index (χ4n) is 6.69. The number of anilines is 2. The van der Waals surface area contributed by atoms with Gasteiger partial charge in [-0.25, -0.2) is 28.5 Å². The summed E-state index contributed by atoms with van der Waals surface area (Å²) in [6.07, 6.45) is 5.32. The van der Waals surface area contributed by atoms with Gasteiger partial charge in [0, 0.05) is 50.5 Å². The lowest BCUT2D eigenvalue weighted by Crippen LogP contribution is -2.52. The van der Waals surface area contributed by atoms with Gasteiger partial charge in [-0.15, -0.1) is 0 Å². The highest BCUT2D eigenvalue weighted by Gasteiger charge is 2.34. The zero-order valence-electron chi connectivity index (χ0n) is 25.3. The van der Waals surface area contributed by atoms with Crippen LogP contribution in [-0.2, 0) is 4.74 Å². The summed E-state index contributed by atoms with van der Waals surface area (Å²) in [5.74, 6) is 0.653. The molecule has 3 aliphatic rings. The normalized spacial score (nSPS) is 23.9. The number of hydrogen-bond acceptors (Lipinski definition) is 9. The molecular weight excluding hydrogens is 572 g/mol. The van der Waals surface area contributed by atoms with Crippen molar-refractivity contribution in [2.75, 3.05) is 76.3 Å². The number of rotatable bonds is 8. The number of likely N-dealkylation sites (tertiary alicyclic amines) is 2. The van der Waals surface area contributed by atoms with Gasteiger partial charge in [-0.05, 0) is 65.0 Å². The molecule has 3 aromatic heterocycles. The summed E-state index contributed by atoms with van der Waals surface area (Å²) < 4.78 is 36.9. The van der Waals surface area contributed by atoms with Crippen LogP contribution in [0, 0.1) is 5.82 Å². The number of amides is 1. The first-order chi connectivity index (χ1) is 21.3. The molecule has 0 radical (unpaired) electrons. The van der Waals surface area contributed by atoms with Gasteiger partial charge >= 0.3 is 6.09 Å². The molecule has 3 atom stereocenters. The molecule has 12 nitrogen and oxygen atoms in total. The first-order valence-corrected chi connectivity index (χ1v) is 15.4. The highest BCUT2D eigenvalue weighted by molar-refractivity contribution is 5.65. The predicted molar refractivity (Wildman–Crippen MR) is 161 cm³/mol. The molecule has 0 aromatic carbocycles. The molecule has 0 aliphatic carbocycles. The molecule has 6 heterocycles. The molecular formula is C30H41F2N9O3. The fraction of sp³-hybridized carbons (Fsp3) is 0.600. The Balaban J connectivity index is 1.23. The number of halogens is 2. The van der Waals surface area contributed by atoms with Crippen LogP contribution in [0.1, 0.15) is 37.5 Å². The second kappa shape index (κ2) is 13.2. The van der Waals surface area contributed by atoms with Crippen LogP contribution < -0.4 is 9.80 Å². The number of carboxylic acid groups (broad SMARTS) is 1. The molecule has 3 aliphatic heterocycles. The Kier molecular flexibility index (Phi) is 9.10. The number of morpholine rings is 1. The van der Waals surface area contributed by atoms with Gasteiger partial charge in [0.05, 0.1) is 25.0 Å². The van der Waals surface area contributed by atoms with Crippen LogP contribution in [0.5, 0.6) is 0 Å². The fourth-order valence-corrected chi connectivity index (χ4v) is 6.69. The number of piperidine rings is 2. The molecule has 238 valence electrons. The highest BCUT2D eigenvalue weighted by atomic mass is 19.1. The molecule has 44 heavy (non-hydrogen) atoms. The van der Waals surface area contributed by atoms with Gasteiger partial charge in [0.15, 0.2) is 6.30 Å². The van der Waals surface area contributed by atoms with E-state index < -0.39 is 24.3 Å². The zero-order valence-corrected chi connectivity index (χ0v) is 25.3. The molecule has 1 amide bonds. The summed E-state index contributed by atoms with van der Waals surface area (Å²) in [5.41, 5.74) is 1.20. The zero-order chi connectivity index (χ0) is 30.8. The average Bonchev–Trinajstić information content (AvgIpc) is 3.45. The average molecular weight is 614 g/mol. The van der Waals surface area contributed by atoms with Crippen molar-refractivity contribution >= 4 is 23.4 Å². The van der Waals surface area contributed by atoms with Crippen molar-refractivity contribution in [2.45, 2.75) is 50.2 Å². The quantitative estimate of drug-likeness (QED) is 0.381. The highest BCUT2D eigenvalue weighted by Crippen LogP contribution is 2.31. The third-order valence-corrected chi connectivity index (χ3v) is 9.24. The van der Waals surface area contributed by atoms with E-state index in [9.17, 15) is 14.3 Å². The molecule has 2 unspecified atom stereocenters. The number of carbonyl (C=O) groups is 1. The summed E-state index contributed by atoms with van der Waals surface area (Å²) in [6, 6.07) is 5.25. The van der Waals surface area contributed by atoms with E-state index >= 15 is 4.39 Å². The van der Waals surface area contributed by atoms with E-state index in [-0.39, 0.29) is 19.2 Å². The van der Waals surface area contributed by atoms with Gasteiger partial charge in [-0.1, -0.05) is 0 Å². The number of ether oxygens (including phenoxy) is 1. The molecule has 0 bridgehead atoms. The van der Waals surface area contributed by atoms with E-state index in [0.29, 0.717) is 48.7 Å². The maximum atomic E-state index is 15.4. The van der Waals surface area contributed by atoms with Crippen LogP contribution in [0.4, 0.5) is 25.2 Å². The number of fused-ring (bicyclic) bond motifs is 1. The monoisotopic (exact) mass is 613 g/mol. The molecule has 3 saturated heterocycles. The lowest BCUT2D eigenvalue weighted by Gasteiger charge is -2.41. The van der Waals surface area contributed by atoms with Crippen LogP contribution in [0.25, 0.3) is 5.65 Å². The summed E-state index contributed by atoms with van der Waals surface area (Å²) >= 11 is 0. The number of alkyl halides is 1. The maximum absolute atomic E-state index is 15.4. The molecule has 3 aromatic rings. The maximum Gasteiger partial charge on any atom is 0.407 e. The van der Waals surface area contributed by atoms with Crippen LogP contribution in [-0.4, -0.2) is 130 Å². The third kappa shape index (κ3) is 6.57. The van der Waals surface area contributed by atoms with Crippen molar-refractivity contribution < 1.29 is 23.4 Å². The minimum absolute atomic E-state index is 0.0615. The first-order valence-electron chi connectivity index (χ1n) is 15.4. The van der Waals surface area contributed by atoms with Crippen LogP contribution >= 0.6 is 0 Å². The number of imidazole rings is 1. The summed E-state index contributed by atoms with van der Waals surface area (Å²) in [5, 5.41) is 9.72. The van der Waals surface area contributed by atoms with Crippen molar-refractivity contribution in [1.82, 2.24) is 34.1 Å². The lowest BCUT2D eigenvalue weighted by molar-refractivity contribution is -0.0161. The molecule has 3 fully saturated rings. The Morgan fingerprint density at radius 2 is 1.91 bits per heavy atom. The minimum Gasteiger partial charge on any atom is -0.465 e. The number of pyridine rings is 1. The van der Waals surface area contributed by atoms with Gasteiger partial charge in [-0.2, -0.15) is 0 Å². The van der Waals surface area contributed by atoms with E-state index in [4.69, 9.17) is 4.74 Å². The van der Waals surface area contributed by atoms with Crippen molar-refractivity contribution in [3.63, 3.8) is 0 Å². The van der Waals surface area contributed by atoms with E-state index in [2.05, 4.69) is 43.7 Å². The SMILES string of the molecule is CN(C)C1CCN(CCN(c2cc(N3CC(c4cnc5ccc(F)cn45)OCC3F)ncn2)[C@@H]2CCCN(C(=O)O)C2)CC1. The largest absolute Gasteiger partial charge is 0.465 e. The number of aromatic nitrogens is 4. The van der Waals surface area contributed by atoms with Crippen molar-refractivity contribution in [3.8, 4) is 0 Å². The second-order valence-electron chi connectivity index (χ2n) is 12.2. The summed E-state index contributed by atoms with van der Waals surface area (Å²) in [7, 11) is 4.25. The Morgan fingerprint density at radius 3 is 2.68 bits per heavy atom. The molecule has 6 rings (SSSR count). The van der Waals surface area contributed by atoms with E-state index in [1.54, 1.807) is 27.6 Å². The van der Waals surface area contributed by atoms with Gasteiger partial charge in [0.1, 0.15) is 35.5 Å². The number of nitrogens with zero attached hydrogens (tertiary/aromatic N) is 9. The van der Waals surface area contributed by atoms with E-state index in [1.807, 2.05) is 0 Å². The Bertz CT molecular complexity index is 1430. The van der Waals surface area contributed by atoms with Crippen molar-refractivity contribution in [3.05, 3.63) is 48.4 Å². The van der Waals surface area contributed by atoms with Crippen LogP contribution in [0.3, 0.4) is 0 Å². The van der Waals surface area contributed by atoms with Gasteiger partial charge in [0.2, 0.25) is 0 Å². The Morgan fingerprint density at radius 1 is 1.09 bits per heavy atom.